The fourth-order valence-corrected chi connectivity index (χ4v) is 1.88. The molecule has 1 aromatic rings. The molecule has 2 N–H and O–H groups in total. The first-order valence-electron chi connectivity index (χ1n) is 5.91. The molecule has 0 heterocycles. The van der Waals surface area contributed by atoms with Crippen LogP contribution in [0.5, 0.6) is 0 Å². The van der Waals surface area contributed by atoms with E-state index < -0.39 is 0 Å². The van der Waals surface area contributed by atoms with Crippen LogP contribution in [0.2, 0.25) is 10.0 Å². The van der Waals surface area contributed by atoms with Gasteiger partial charge < -0.3 is 10.4 Å². The Morgan fingerprint density at radius 2 is 2.17 bits per heavy atom. The predicted molar refractivity (Wildman–Crippen MR) is 74.1 cm³/mol. The van der Waals surface area contributed by atoms with Gasteiger partial charge >= 0.3 is 0 Å². The molecule has 5 heteroatoms. The molecule has 1 aromatic carbocycles. The highest BCUT2D eigenvalue weighted by Crippen LogP contribution is 2.20. The minimum Gasteiger partial charge on any atom is -0.393 e. The highest BCUT2D eigenvalue weighted by Gasteiger charge is 2.08. The van der Waals surface area contributed by atoms with Crippen LogP contribution in [0.3, 0.4) is 0 Å². The maximum Gasteiger partial charge on any atom is 0.224 e. The first kappa shape index (κ1) is 15.3. The lowest BCUT2D eigenvalue weighted by atomic mass is 10.1. The Bertz CT molecular complexity index is 410. The number of aliphatic hydroxyl groups excluding tert-OH is 1. The van der Waals surface area contributed by atoms with Gasteiger partial charge in [0, 0.05) is 16.6 Å². The van der Waals surface area contributed by atoms with Gasteiger partial charge in [0.05, 0.1) is 12.5 Å². The van der Waals surface area contributed by atoms with Gasteiger partial charge in [0.1, 0.15) is 0 Å². The van der Waals surface area contributed by atoms with E-state index >= 15 is 0 Å². The molecule has 1 rings (SSSR count). The fraction of sp³-hybridized carbons (Fsp3) is 0.462. The molecule has 0 fully saturated rings. The van der Waals surface area contributed by atoms with Gasteiger partial charge in [0.2, 0.25) is 5.91 Å². The Labute approximate surface area is 117 Å². The first-order valence-corrected chi connectivity index (χ1v) is 6.67. The SMILES string of the molecule is CCC(O)CCNC(=O)Cc1cc(Cl)ccc1Cl. The molecule has 100 valence electrons. The van der Waals surface area contributed by atoms with E-state index in [0.29, 0.717) is 35.0 Å². The average molecular weight is 290 g/mol. The molecule has 1 atom stereocenters. The van der Waals surface area contributed by atoms with Crippen molar-refractivity contribution in [3.8, 4) is 0 Å². The molecule has 1 unspecified atom stereocenters. The van der Waals surface area contributed by atoms with Crippen molar-refractivity contribution in [2.45, 2.75) is 32.3 Å². The van der Waals surface area contributed by atoms with Gasteiger partial charge in [-0.2, -0.15) is 0 Å². The van der Waals surface area contributed by atoms with Crippen LogP contribution < -0.4 is 5.32 Å². The molecule has 0 aromatic heterocycles. The summed E-state index contributed by atoms with van der Waals surface area (Å²) in [6.45, 7) is 2.37. The van der Waals surface area contributed by atoms with E-state index in [1.807, 2.05) is 6.92 Å². The number of hydrogen-bond acceptors (Lipinski definition) is 2. The van der Waals surface area contributed by atoms with Gasteiger partial charge in [-0.05, 0) is 36.6 Å². The molecular weight excluding hydrogens is 273 g/mol. The zero-order valence-corrected chi connectivity index (χ0v) is 11.8. The third-order valence-electron chi connectivity index (χ3n) is 2.63. The van der Waals surface area contributed by atoms with Crippen LogP contribution in [0.1, 0.15) is 25.3 Å². The summed E-state index contributed by atoms with van der Waals surface area (Å²) in [6.07, 6.45) is 1.09. The highest BCUT2D eigenvalue weighted by molar-refractivity contribution is 6.33. The number of carbonyl (C=O) groups excluding carboxylic acids is 1. The number of nitrogens with one attached hydrogen (secondary N) is 1. The van der Waals surface area contributed by atoms with Gasteiger partial charge in [-0.15, -0.1) is 0 Å². The summed E-state index contributed by atoms with van der Waals surface area (Å²) in [7, 11) is 0. The normalized spacial score (nSPS) is 12.2. The second kappa shape index (κ2) is 7.62. The van der Waals surface area contributed by atoms with Gasteiger partial charge in [-0.3, -0.25) is 4.79 Å². The Balaban J connectivity index is 2.42. The number of carbonyl (C=O) groups is 1. The van der Waals surface area contributed by atoms with Crippen LogP contribution in [-0.4, -0.2) is 23.7 Å². The van der Waals surface area contributed by atoms with E-state index in [0.717, 1.165) is 0 Å². The van der Waals surface area contributed by atoms with Crippen molar-refractivity contribution in [2.75, 3.05) is 6.54 Å². The smallest absolute Gasteiger partial charge is 0.224 e. The quantitative estimate of drug-likeness (QED) is 0.846. The second-order valence-electron chi connectivity index (χ2n) is 4.11. The van der Waals surface area contributed by atoms with Gasteiger partial charge in [0.25, 0.3) is 0 Å². The fourth-order valence-electron chi connectivity index (χ4n) is 1.50. The topological polar surface area (TPSA) is 49.3 Å². The van der Waals surface area contributed by atoms with E-state index in [1.54, 1.807) is 18.2 Å². The summed E-state index contributed by atoms with van der Waals surface area (Å²) in [6, 6.07) is 5.04. The minimum atomic E-state index is -0.361. The second-order valence-corrected chi connectivity index (χ2v) is 4.96. The van der Waals surface area contributed by atoms with Crippen molar-refractivity contribution in [1.29, 1.82) is 0 Å². The number of halogens is 2. The van der Waals surface area contributed by atoms with Crippen molar-refractivity contribution < 1.29 is 9.90 Å². The van der Waals surface area contributed by atoms with Crippen LogP contribution >= 0.6 is 23.2 Å². The van der Waals surface area contributed by atoms with Crippen LogP contribution in [0.4, 0.5) is 0 Å². The summed E-state index contributed by atoms with van der Waals surface area (Å²) in [5.74, 6) is -0.123. The third-order valence-corrected chi connectivity index (χ3v) is 3.23. The highest BCUT2D eigenvalue weighted by atomic mass is 35.5. The monoisotopic (exact) mass is 289 g/mol. The molecular formula is C13H17Cl2NO2. The zero-order valence-electron chi connectivity index (χ0n) is 10.2. The maximum absolute atomic E-state index is 11.7. The van der Waals surface area contributed by atoms with Crippen molar-refractivity contribution in [3.63, 3.8) is 0 Å². The number of rotatable bonds is 6. The maximum atomic E-state index is 11.7. The van der Waals surface area contributed by atoms with Crippen molar-refractivity contribution in [3.05, 3.63) is 33.8 Å². The van der Waals surface area contributed by atoms with Crippen molar-refractivity contribution in [1.82, 2.24) is 5.32 Å². The van der Waals surface area contributed by atoms with E-state index in [9.17, 15) is 9.90 Å². The van der Waals surface area contributed by atoms with Crippen LogP contribution in [0, 0.1) is 0 Å². The molecule has 0 bridgehead atoms. The summed E-state index contributed by atoms with van der Waals surface area (Å²) < 4.78 is 0. The molecule has 0 aliphatic carbocycles. The van der Waals surface area contributed by atoms with E-state index in [4.69, 9.17) is 23.2 Å². The largest absolute Gasteiger partial charge is 0.393 e. The third kappa shape index (κ3) is 5.25. The number of aliphatic hydroxyl groups is 1. The van der Waals surface area contributed by atoms with Crippen LogP contribution in [0.25, 0.3) is 0 Å². The van der Waals surface area contributed by atoms with Crippen LogP contribution in [0.15, 0.2) is 18.2 Å². The van der Waals surface area contributed by atoms with Gasteiger partial charge in [-0.25, -0.2) is 0 Å². The van der Waals surface area contributed by atoms with Crippen molar-refractivity contribution >= 4 is 29.1 Å². The summed E-state index contributed by atoms with van der Waals surface area (Å²) in [5, 5.41) is 13.2. The van der Waals surface area contributed by atoms with E-state index in [-0.39, 0.29) is 18.4 Å². The molecule has 0 aliphatic rings. The summed E-state index contributed by atoms with van der Waals surface area (Å²) in [5.41, 5.74) is 0.706. The summed E-state index contributed by atoms with van der Waals surface area (Å²) >= 11 is 11.8. The van der Waals surface area contributed by atoms with Crippen molar-refractivity contribution in [2.24, 2.45) is 0 Å². The Kier molecular flexibility index (Phi) is 6.47. The molecule has 0 aliphatic heterocycles. The summed E-state index contributed by atoms with van der Waals surface area (Å²) in [4.78, 5) is 11.7. The number of benzene rings is 1. The molecule has 0 saturated carbocycles. The van der Waals surface area contributed by atoms with Gasteiger partial charge in [0.15, 0.2) is 0 Å². The van der Waals surface area contributed by atoms with E-state index in [2.05, 4.69) is 5.32 Å². The molecule has 1 amide bonds. The predicted octanol–water partition coefficient (Wildman–Crippen LogP) is 2.81. The van der Waals surface area contributed by atoms with Gasteiger partial charge in [-0.1, -0.05) is 30.1 Å². The Morgan fingerprint density at radius 1 is 1.44 bits per heavy atom. The number of hydrogen-bond donors (Lipinski definition) is 2. The van der Waals surface area contributed by atoms with E-state index in [1.165, 1.54) is 0 Å². The lowest BCUT2D eigenvalue weighted by Gasteiger charge is -2.09. The lowest BCUT2D eigenvalue weighted by molar-refractivity contribution is -0.120. The average Bonchev–Trinajstić information content (AvgIpc) is 2.33. The minimum absolute atomic E-state index is 0.123. The lowest BCUT2D eigenvalue weighted by Crippen LogP contribution is -2.28. The standard InChI is InChI=1S/C13H17Cl2NO2/c1-2-11(17)5-6-16-13(18)8-9-7-10(14)3-4-12(9)15/h3-4,7,11,17H,2,5-6,8H2,1H3,(H,16,18). The molecule has 3 nitrogen and oxygen atoms in total. The molecule has 18 heavy (non-hydrogen) atoms. The van der Waals surface area contributed by atoms with Crippen LogP contribution in [-0.2, 0) is 11.2 Å². The number of amides is 1. The Hall–Kier alpha value is -0.770. The zero-order chi connectivity index (χ0) is 13.5. The molecule has 0 radical (unpaired) electrons. The molecule has 0 saturated heterocycles. The Morgan fingerprint density at radius 3 is 2.83 bits per heavy atom. The first-order chi connectivity index (χ1) is 8.52. The molecule has 0 spiro atoms.